The molecule has 0 atom stereocenters. The zero-order chi connectivity index (χ0) is 9.97. The summed E-state index contributed by atoms with van der Waals surface area (Å²) in [5, 5.41) is 8.53. The van der Waals surface area contributed by atoms with Crippen LogP contribution in [0.1, 0.15) is 17.7 Å². The van der Waals surface area contributed by atoms with Crippen molar-refractivity contribution in [3.05, 3.63) is 29.5 Å². The van der Waals surface area contributed by atoms with Crippen LogP contribution in [-0.4, -0.2) is 16.1 Å². The molecule has 0 aliphatic rings. The second-order valence-corrected chi connectivity index (χ2v) is 3.83. The van der Waals surface area contributed by atoms with Crippen molar-refractivity contribution in [2.24, 2.45) is 0 Å². The van der Waals surface area contributed by atoms with E-state index in [4.69, 9.17) is 11.6 Å². The number of aryl methyl sites for hydroxylation is 2. The van der Waals surface area contributed by atoms with Crippen molar-refractivity contribution in [3.8, 4) is 0 Å². The summed E-state index contributed by atoms with van der Waals surface area (Å²) < 4.78 is 0. The third-order valence-corrected chi connectivity index (χ3v) is 2.71. The molecule has 0 aliphatic carbocycles. The summed E-state index contributed by atoms with van der Waals surface area (Å²) in [7, 11) is 0. The minimum atomic E-state index is 0.708. The van der Waals surface area contributed by atoms with Crippen LogP contribution in [0.15, 0.2) is 18.2 Å². The fraction of sp³-hybridized carbons (Fsp3) is 0.364. The lowest BCUT2D eigenvalue weighted by molar-refractivity contribution is 0.930. The lowest BCUT2D eigenvalue weighted by atomic mass is 10.1. The number of aromatic amines is 1. The lowest BCUT2D eigenvalue weighted by Crippen LogP contribution is -1.87. The third kappa shape index (κ3) is 1.62. The van der Waals surface area contributed by atoms with E-state index in [9.17, 15) is 0 Å². The summed E-state index contributed by atoms with van der Waals surface area (Å²) in [5.41, 5.74) is 3.51. The highest BCUT2D eigenvalue weighted by Crippen LogP contribution is 2.20. The Kier molecular flexibility index (Phi) is 2.73. The normalized spacial score (nSPS) is 11.0. The van der Waals surface area contributed by atoms with E-state index in [1.807, 2.05) is 6.92 Å². The topological polar surface area (TPSA) is 28.7 Å². The van der Waals surface area contributed by atoms with Gasteiger partial charge in [-0.2, -0.15) is 5.10 Å². The van der Waals surface area contributed by atoms with E-state index in [2.05, 4.69) is 28.4 Å². The maximum absolute atomic E-state index is 5.68. The Balaban J connectivity index is 2.44. The SMILES string of the molecule is Cc1[nH]nc2c(CCCCl)cccc12. The number of para-hydroxylation sites is 1. The molecule has 3 heteroatoms. The highest BCUT2D eigenvalue weighted by Gasteiger charge is 2.05. The van der Waals surface area contributed by atoms with Crippen LogP contribution in [0.5, 0.6) is 0 Å². The molecule has 1 heterocycles. The number of nitrogens with one attached hydrogen (secondary N) is 1. The van der Waals surface area contributed by atoms with Gasteiger partial charge in [0.25, 0.3) is 0 Å². The molecule has 0 aliphatic heterocycles. The maximum Gasteiger partial charge on any atom is 0.0955 e. The highest BCUT2D eigenvalue weighted by molar-refractivity contribution is 6.17. The first-order valence-electron chi connectivity index (χ1n) is 4.81. The minimum absolute atomic E-state index is 0.708. The van der Waals surface area contributed by atoms with Gasteiger partial charge in [-0.25, -0.2) is 0 Å². The van der Waals surface area contributed by atoms with Gasteiger partial charge in [0, 0.05) is 17.0 Å². The Bertz CT molecular complexity index is 434. The van der Waals surface area contributed by atoms with E-state index in [1.165, 1.54) is 10.9 Å². The van der Waals surface area contributed by atoms with Gasteiger partial charge in [-0.05, 0) is 25.3 Å². The summed E-state index contributed by atoms with van der Waals surface area (Å²) in [6.07, 6.45) is 2.01. The summed E-state index contributed by atoms with van der Waals surface area (Å²) in [6.45, 7) is 2.04. The Morgan fingerprint density at radius 2 is 2.29 bits per heavy atom. The highest BCUT2D eigenvalue weighted by atomic mass is 35.5. The summed E-state index contributed by atoms with van der Waals surface area (Å²) in [6, 6.07) is 6.29. The fourth-order valence-electron chi connectivity index (χ4n) is 1.68. The van der Waals surface area contributed by atoms with Crippen molar-refractivity contribution in [1.82, 2.24) is 10.2 Å². The number of hydrogen-bond acceptors (Lipinski definition) is 1. The Morgan fingerprint density at radius 1 is 1.43 bits per heavy atom. The first kappa shape index (κ1) is 9.53. The van der Waals surface area contributed by atoms with Gasteiger partial charge in [-0.15, -0.1) is 11.6 Å². The molecule has 1 aromatic heterocycles. The van der Waals surface area contributed by atoms with Crippen molar-refractivity contribution in [3.63, 3.8) is 0 Å². The molecule has 1 N–H and O–H groups in total. The molecular weight excluding hydrogens is 196 g/mol. The van der Waals surface area contributed by atoms with E-state index in [0.29, 0.717) is 5.88 Å². The molecule has 0 spiro atoms. The molecule has 74 valence electrons. The van der Waals surface area contributed by atoms with Crippen molar-refractivity contribution >= 4 is 22.5 Å². The molecule has 0 unspecified atom stereocenters. The van der Waals surface area contributed by atoms with Gasteiger partial charge in [-0.1, -0.05) is 18.2 Å². The van der Waals surface area contributed by atoms with Gasteiger partial charge in [0.05, 0.1) is 5.52 Å². The molecule has 14 heavy (non-hydrogen) atoms. The van der Waals surface area contributed by atoms with Gasteiger partial charge >= 0.3 is 0 Å². The molecular formula is C11H13ClN2. The van der Waals surface area contributed by atoms with Crippen LogP contribution in [0, 0.1) is 6.92 Å². The third-order valence-electron chi connectivity index (χ3n) is 2.44. The zero-order valence-corrected chi connectivity index (χ0v) is 8.93. The van der Waals surface area contributed by atoms with Gasteiger partial charge in [0.15, 0.2) is 0 Å². The van der Waals surface area contributed by atoms with E-state index in [0.717, 1.165) is 24.1 Å². The van der Waals surface area contributed by atoms with Gasteiger partial charge < -0.3 is 0 Å². The number of fused-ring (bicyclic) bond motifs is 1. The predicted molar refractivity (Wildman–Crippen MR) is 59.9 cm³/mol. The lowest BCUT2D eigenvalue weighted by Gasteiger charge is -1.99. The average Bonchev–Trinajstić information content (AvgIpc) is 2.58. The molecule has 0 saturated carbocycles. The van der Waals surface area contributed by atoms with Crippen molar-refractivity contribution in [2.75, 3.05) is 5.88 Å². The van der Waals surface area contributed by atoms with Crippen LogP contribution in [0.4, 0.5) is 0 Å². The number of rotatable bonds is 3. The zero-order valence-electron chi connectivity index (χ0n) is 8.18. The number of benzene rings is 1. The van der Waals surface area contributed by atoms with Crippen molar-refractivity contribution in [1.29, 1.82) is 0 Å². The standard InChI is InChI=1S/C11H13ClN2/c1-8-10-6-2-4-9(5-3-7-12)11(10)14-13-8/h2,4,6H,3,5,7H2,1H3,(H,13,14). The van der Waals surface area contributed by atoms with E-state index >= 15 is 0 Å². The predicted octanol–water partition coefficient (Wildman–Crippen LogP) is 3.04. The maximum atomic E-state index is 5.68. The Labute approximate surface area is 88.3 Å². The summed E-state index contributed by atoms with van der Waals surface area (Å²) in [5.74, 6) is 0.708. The van der Waals surface area contributed by atoms with E-state index in [-0.39, 0.29) is 0 Å². The van der Waals surface area contributed by atoms with Gasteiger partial charge in [-0.3, -0.25) is 5.10 Å². The average molecular weight is 209 g/mol. The van der Waals surface area contributed by atoms with Crippen LogP contribution in [-0.2, 0) is 6.42 Å². The molecule has 1 aromatic carbocycles. The van der Waals surface area contributed by atoms with Gasteiger partial charge in [0.1, 0.15) is 0 Å². The number of aromatic nitrogens is 2. The van der Waals surface area contributed by atoms with E-state index < -0.39 is 0 Å². The smallest absolute Gasteiger partial charge is 0.0955 e. The molecule has 0 fully saturated rings. The quantitative estimate of drug-likeness (QED) is 0.772. The molecule has 0 bridgehead atoms. The Hall–Kier alpha value is -1.02. The van der Waals surface area contributed by atoms with Gasteiger partial charge in [0.2, 0.25) is 0 Å². The first-order chi connectivity index (χ1) is 6.83. The molecule has 2 aromatic rings. The molecule has 0 amide bonds. The summed E-state index contributed by atoms with van der Waals surface area (Å²) >= 11 is 5.68. The number of hydrogen-bond donors (Lipinski definition) is 1. The number of nitrogens with zero attached hydrogens (tertiary/aromatic N) is 1. The number of alkyl halides is 1. The molecule has 0 radical (unpaired) electrons. The largest absolute Gasteiger partial charge is 0.282 e. The first-order valence-corrected chi connectivity index (χ1v) is 5.35. The molecule has 0 saturated heterocycles. The molecule has 2 nitrogen and oxygen atoms in total. The number of halogens is 1. The monoisotopic (exact) mass is 208 g/mol. The van der Waals surface area contributed by atoms with Crippen molar-refractivity contribution in [2.45, 2.75) is 19.8 Å². The number of H-pyrrole nitrogens is 1. The fourth-order valence-corrected chi connectivity index (χ4v) is 1.82. The second-order valence-electron chi connectivity index (χ2n) is 3.45. The van der Waals surface area contributed by atoms with Crippen LogP contribution in [0.25, 0.3) is 10.9 Å². The molecule has 2 rings (SSSR count). The second kappa shape index (κ2) is 4.01. The van der Waals surface area contributed by atoms with Crippen molar-refractivity contribution < 1.29 is 0 Å². The van der Waals surface area contributed by atoms with Crippen LogP contribution >= 0.6 is 11.6 Å². The minimum Gasteiger partial charge on any atom is -0.282 e. The van der Waals surface area contributed by atoms with Crippen LogP contribution in [0.2, 0.25) is 0 Å². The Morgan fingerprint density at radius 3 is 3.07 bits per heavy atom. The van der Waals surface area contributed by atoms with Crippen LogP contribution < -0.4 is 0 Å². The van der Waals surface area contributed by atoms with Crippen LogP contribution in [0.3, 0.4) is 0 Å². The summed E-state index contributed by atoms with van der Waals surface area (Å²) in [4.78, 5) is 0. The van der Waals surface area contributed by atoms with E-state index in [1.54, 1.807) is 0 Å².